The zero-order valence-electron chi connectivity index (χ0n) is 11.3. The predicted molar refractivity (Wildman–Crippen MR) is 74.5 cm³/mol. The zero-order valence-corrected chi connectivity index (χ0v) is 11.3. The smallest absolute Gasteiger partial charge is 0.274 e. The quantitative estimate of drug-likeness (QED) is 0.698. The van der Waals surface area contributed by atoms with Gasteiger partial charge in [-0.1, -0.05) is 0 Å². The van der Waals surface area contributed by atoms with Gasteiger partial charge in [0.2, 0.25) is 0 Å². The molecular formula is C15H15FN2O3. The summed E-state index contributed by atoms with van der Waals surface area (Å²) in [5.41, 5.74) is 2.17. The Bertz CT molecular complexity index is 696. The second-order valence-corrected chi connectivity index (χ2v) is 5.35. The number of aryl methyl sites for hydroxylation is 1. The lowest BCUT2D eigenvalue weighted by Crippen LogP contribution is -2.05. The molecule has 2 aromatic rings. The van der Waals surface area contributed by atoms with Crippen molar-refractivity contribution in [2.75, 3.05) is 0 Å². The van der Waals surface area contributed by atoms with E-state index < -0.39 is 16.8 Å². The fraction of sp³-hybridized carbons (Fsp3) is 0.333. The van der Waals surface area contributed by atoms with E-state index in [-0.39, 0.29) is 12.2 Å². The molecule has 0 aliphatic heterocycles. The molecule has 0 saturated carbocycles. The normalized spacial score (nSPS) is 17.5. The van der Waals surface area contributed by atoms with Gasteiger partial charge in [0.1, 0.15) is 5.82 Å². The van der Waals surface area contributed by atoms with E-state index in [0.29, 0.717) is 5.56 Å². The van der Waals surface area contributed by atoms with Gasteiger partial charge < -0.3 is 9.67 Å². The summed E-state index contributed by atoms with van der Waals surface area (Å²) in [6.45, 7) is 0.216. The van der Waals surface area contributed by atoms with E-state index in [4.69, 9.17) is 0 Å². The number of aliphatic hydroxyl groups excluding tert-OH is 1. The summed E-state index contributed by atoms with van der Waals surface area (Å²) in [6, 6.07) is 3.46. The van der Waals surface area contributed by atoms with Gasteiger partial charge in [-0.15, -0.1) is 0 Å². The zero-order chi connectivity index (χ0) is 15.0. The van der Waals surface area contributed by atoms with Gasteiger partial charge in [0, 0.05) is 24.0 Å². The van der Waals surface area contributed by atoms with Gasteiger partial charge in [0.15, 0.2) is 0 Å². The van der Waals surface area contributed by atoms with Crippen LogP contribution in [0, 0.1) is 15.9 Å². The van der Waals surface area contributed by atoms with E-state index >= 15 is 0 Å². The number of halogens is 1. The van der Waals surface area contributed by atoms with E-state index in [1.165, 1.54) is 12.1 Å². The fourth-order valence-electron chi connectivity index (χ4n) is 2.87. The number of nitrogens with zero attached hydrogens (tertiary/aromatic N) is 2. The lowest BCUT2D eigenvalue weighted by molar-refractivity contribution is -0.385. The summed E-state index contributed by atoms with van der Waals surface area (Å²) in [7, 11) is 0. The van der Waals surface area contributed by atoms with E-state index in [1.807, 2.05) is 6.20 Å². The average molecular weight is 290 g/mol. The van der Waals surface area contributed by atoms with Gasteiger partial charge in [0.25, 0.3) is 5.69 Å². The third kappa shape index (κ3) is 2.67. The van der Waals surface area contributed by atoms with Gasteiger partial charge in [-0.05, 0) is 37.0 Å². The second-order valence-electron chi connectivity index (χ2n) is 5.35. The molecule has 5 nitrogen and oxygen atoms in total. The van der Waals surface area contributed by atoms with Crippen molar-refractivity contribution in [3.05, 3.63) is 63.2 Å². The van der Waals surface area contributed by atoms with Crippen LogP contribution in [0.3, 0.4) is 0 Å². The molecule has 0 spiro atoms. The minimum absolute atomic E-state index is 0.0939. The number of aliphatic hydroxyl groups is 1. The lowest BCUT2D eigenvalue weighted by atomic mass is 9.93. The molecule has 0 saturated heterocycles. The summed E-state index contributed by atoms with van der Waals surface area (Å²) in [5, 5.41) is 20.9. The Kier molecular flexibility index (Phi) is 3.47. The molecule has 1 unspecified atom stereocenters. The number of nitro benzene ring substituents is 1. The van der Waals surface area contributed by atoms with Crippen molar-refractivity contribution in [3.63, 3.8) is 0 Å². The highest BCUT2D eigenvalue weighted by Gasteiger charge is 2.21. The molecule has 1 N–H and O–H groups in total. The number of nitro groups is 1. The number of fused-ring (bicyclic) bond motifs is 1. The summed E-state index contributed by atoms with van der Waals surface area (Å²) in [4.78, 5) is 10.5. The highest BCUT2D eigenvalue weighted by molar-refractivity contribution is 5.41. The number of hydrogen-bond acceptors (Lipinski definition) is 3. The second kappa shape index (κ2) is 5.29. The number of rotatable bonds is 3. The highest BCUT2D eigenvalue weighted by atomic mass is 19.1. The third-order valence-electron chi connectivity index (χ3n) is 3.87. The van der Waals surface area contributed by atoms with Crippen LogP contribution in [0.1, 0.15) is 35.6 Å². The van der Waals surface area contributed by atoms with E-state index in [0.717, 1.165) is 36.5 Å². The largest absolute Gasteiger partial charge is 0.388 e. The number of benzene rings is 1. The molecule has 3 rings (SSSR count). The minimum Gasteiger partial charge on any atom is -0.388 e. The molecule has 1 atom stereocenters. The Morgan fingerprint density at radius 1 is 1.43 bits per heavy atom. The molecule has 1 heterocycles. The molecule has 21 heavy (non-hydrogen) atoms. The monoisotopic (exact) mass is 290 g/mol. The van der Waals surface area contributed by atoms with Crippen LogP contribution in [0.15, 0.2) is 30.6 Å². The number of hydrogen-bond donors (Lipinski definition) is 1. The Balaban J connectivity index is 1.94. The molecular weight excluding hydrogens is 275 g/mol. The summed E-state index contributed by atoms with van der Waals surface area (Å²) < 4.78 is 15.1. The van der Waals surface area contributed by atoms with Crippen LogP contribution in [0.5, 0.6) is 0 Å². The Hall–Kier alpha value is -2.21. The highest BCUT2D eigenvalue weighted by Crippen LogP contribution is 2.31. The van der Waals surface area contributed by atoms with Gasteiger partial charge in [-0.25, -0.2) is 4.39 Å². The van der Waals surface area contributed by atoms with E-state index in [9.17, 15) is 19.6 Å². The SMILES string of the molecule is O=[N+]([O-])c1ccc(F)cc1Cn1cc2c(c1)C(O)CCC2. The topological polar surface area (TPSA) is 68.3 Å². The van der Waals surface area contributed by atoms with Crippen molar-refractivity contribution in [2.45, 2.75) is 31.9 Å². The molecule has 6 heteroatoms. The van der Waals surface area contributed by atoms with Crippen molar-refractivity contribution < 1.29 is 14.4 Å². The van der Waals surface area contributed by atoms with Gasteiger partial charge >= 0.3 is 0 Å². The maximum Gasteiger partial charge on any atom is 0.274 e. The molecule has 0 fully saturated rings. The van der Waals surface area contributed by atoms with Crippen LogP contribution in [0.2, 0.25) is 0 Å². The van der Waals surface area contributed by atoms with Crippen LogP contribution >= 0.6 is 0 Å². The minimum atomic E-state index is -0.507. The van der Waals surface area contributed by atoms with Crippen molar-refractivity contribution >= 4 is 5.69 Å². The van der Waals surface area contributed by atoms with Gasteiger partial charge in [-0.3, -0.25) is 10.1 Å². The first kappa shape index (κ1) is 13.8. The van der Waals surface area contributed by atoms with Gasteiger partial charge in [0.05, 0.1) is 23.1 Å². The van der Waals surface area contributed by atoms with Gasteiger partial charge in [-0.2, -0.15) is 0 Å². The number of aromatic nitrogens is 1. The van der Waals surface area contributed by atoms with E-state index in [2.05, 4.69) is 0 Å². The third-order valence-corrected chi connectivity index (χ3v) is 3.87. The first-order chi connectivity index (χ1) is 10.0. The maximum atomic E-state index is 13.3. The predicted octanol–water partition coefficient (Wildman–Crippen LogP) is 2.95. The molecule has 1 aromatic carbocycles. The molecule has 1 aromatic heterocycles. The van der Waals surface area contributed by atoms with Crippen LogP contribution < -0.4 is 0 Å². The summed E-state index contributed by atoms with van der Waals surface area (Å²) in [5.74, 6) is -0.493. The summed E-state index contributed by atoms with van der Waals surface area (Å²) >= 11 is 0. The van der Waals surface area contributed by atoms with Crippen molar-refractivity contribution in [1.82, 2.24) is 4.57 Å². The Labute approximate surface area is 120 Å². The molecule has 1 aliphatic carbocycles. The molecule has 0 radical (unpaired) electrons. The molecule has 110 valence electrons. The first-order valence-electron chi connectivity index (χ1n) is 6.84. The molecule has 0 bridgehead atoms. The van der Waals surface area contributed by atoms with Crippen LogP contribution in [0.25, 0.3) is 0 Å². The summed E-state index contributed by atoms with van der Waals surface area (Å²) in [6.07, 6.45) is 5.76. The van der Waals surface area contributed by atoms with Crippen molar-refractivity contribution in [1.29, 1.82) is 0 Å². The Morgan fingerprint density at radius 2 is 2.24 bits per heavy atom. The maximum absolute atomic E-state index is 13.3. The lowest BCUT2D eigenvalue weighted by Gasteiger charge is -2.16. The van der Waals surface area contributed by atoms with Crippen molar-refractivity contribution in [2.24, 2.45) is 0 Å². The molecule has 0 amide bonds. The molecule has 1 aliphatic rings. The average Bonchev–Trinajstić information content (AvgIpc) is 2.82. The van der Waals surface area contributed by atoms with Crippen LogP contribution in [-0.4, -0.2) is 14.6 Å². The standard InChI is InChI=1S/C15H15FN2O3/c16-12-4-5-14(18(20)21)11(6-12)8-17-7-10-2-1-3-15(19)13(10)9-17/h4-7,9,15,19H,1-3,8H2. The Morgan fingerprint density at radius 3 is 2.95 bits per heavy atom. The van der Waals surface area contributed by atoms with Crippen molar-refractivity contribution in [3.8, 4) is 0 Å². The fourth-order valence-corrected chi connectivity index (χ4v) is 2.87. The van der Waals surface area contributed by atoms with Crippen LogP contribution in [-0.2, 0) is 13.0 Å². The first-order valence-corrected chi connectivity index (χ1v) is 6.84. The van der Waals surface area contributed by atoms with E-state index in [1.54, 1.807) is 10.8 Å². The van der Waals surface area contributed by atoms with Crippen LogP contribution in [0.4, 0.5) is 10.1 Å².